The molecule has 3 N–H and O–H groups in total. The van der Waals surface area contributed by atoms with Gasteiger partial charge in [0.05, 0.1) is 6.10 Å². The van der Waals surface area contributed by atoms with E-state index in [4.69, 9.17) is 0 Å². The summed E-state index contributed by atoms with van der Waals surface area (Å²) in [4.78, 5) is 3.46. The number of benzene rings is 1. The Morgan fingerprint density at radius 2 is 1.67 bits per heavy atom. The molecule has 3 aliphatic carbocycles. The van der Waals surface area contributed by atoms with E-state index in [9.17, 15) is 10.2 Å². The largest absolute Gasteiger partial charge is 0.508 e. The monoisotopic (exact) mass is 409 g/mol. The molecule has 2 aromatic rings. The molecule has 1 heterocycles. The van der Waals surface area contributed by atoms with Crippen LogP contribution in [0.4, 0.5) is 0 Å². The van der Waals surface area contributed by atoms with Gasteiger partial charge in [0, 0.05) is 28.6 Å². The number of phenolic OH excluding ortho intramolecular Hbond substituents is 1. The van der Waals surface area contributed by atoms with Crippen molar-refractivity contribution in [1.82, 2.24) is 4.98 Å². The predicted molar refractivity (Wildman–Crippen MR) is 123 cm³/mol. The Balaban J connectivity index is 1.63. The summed E-state index contributed by atoms with van der Waals surface area (Å²) in [5.74, 6) is 2.66. The van der Waals surface area contributed by atoms with Crippen LogP contribution in [-0.4, -0.2) is 21.3 Å². The average molecular weight is 410 g/mol. The average Bonchev–Trinajstić information content (AvgIpc) is 3.12. The van der Waals surface area contributed by atoms with Crippen LogP contribution in [0.1, 0.15) is 78.7 Å². The first-order chi connectivity index (χ1) is 14.1. The molecule has 0 bridgehead atoms. The summed E-state index contributed by atoms with van der Waals surface area (Å²) < 4.78 is 0. The third-order valence-electron chi connectivity index (χ3n) is 10.8. The number of rotatable bonds is 1. The second kappa shape index (κ2) is 6.51. The fraction of sp³-hybridized carbons (Fsp3) is 0.704. The van der Waals surface area contributed by atoms with Gasteiger partial charge in [-0.2, -0.15) is 0 Å². The summed E-state index contributed by atoms with van der Waals surface area (Å²) >= 11 is 0. The minimum absolute atomic E-state index is 0.114. The fourth-order valence-electron chi connectivity index (χ4n) is 8.70. The molecule has 0 saturated heterocycles. The number of aliphatic hydroxyl groups is 1. The molecular weight excluding hydrogens is 370 g/mol. The molecule has 0 amide bonds. The zero-order valence-electron chi connectivity index (χ0n) is 19.3. The van der Waals surface area contributed by atoms with Gasteiger partial charge >= 0.3 is 0 Å². The maximum absolute atomic E-state index is 10.7. The summed E-state index contributed by atoms with van der Waals surface area (Å²) in [5, 5.41) is 21.9. The van der Waals surface area contributed by atoms with Gasteiger partial charge in [-0.1, -0.05) is 34.6 Å². The van der Waals surface area contributed by atoms with E-state index in [0.717, 1.165) is 11.9 Å². The third-order valence-corrected chi connectivity index (χ3v) is 10.8. The Morgan fingerprint density at radius 1 is 0.933 bits per heavy atom. The van der Waals surface area contributed by atoms with Gasteiger partial charge in [0.25, 0.3) is 0 Å². The number of H-pyrrole nitrogens is 1. The Bertz CT molecular complexity index is 965. The number of aliphatic hydroxyl groups excluding tert-OH is 1. The number of aromatic nitrogens is 1. The predicted octanol–water partition coefficient (Wildman–Crippen LogP) is 6.39. The molecule has 30 heavy (non-hydrogen) atoms. The number of fused-ring (bicyclic) bond motifs is 4. The van der Waals surface area contributed by atoms with E-state index in [1.54, 1.807) is 0 Å². The molecule has 3 nitrogen and oxygen atoms in total. The highest BCUT2D eigenvalue weighted by Gasteiger charge is 2.63. The molecule has 0 radical (unpaired) electrons. The molecule has 0 unspecified atom stereocenters. The Morgan fingerprint density at radius 3 is 2.43 bits per heavy atom. The van der Waals surface area contributed by atoms with E-state index in [1.807, 2.05) is 12.1 Å². The lowest BCUT2D eigenvalue weighted by atomic mass is 9.37. The highest BCUT2D eigenvalue weighted by molar-refractivity contribution is 5.85. The summed E-state index contributed by atoms with van der Waals surface area (Å²) in [7, 11) is 0. The quantitative estimate of drug-likeness (QED) is 0.511. The molecule has 8 atom stereocenters. The third kappa shape index (κ3) is 2.48. The Hall–Kier alpha value is -1.48. The Kier molecular flexibility index (Phi) is 4.43. The number of nitrogens with one attached hydrogen (secondary N) is 1. The van der Waals surface area contributed by atoms with Gasteiger partial charge in [0.15, 0.2) is 0 Å². The van der Waals surface area contributed by atoms with Crippen molar-refractivity contribution in [2.45, 2.75) is 84.7 Å². The van der Waals surface area contributed by atoms with Crippen molar-refractivity contribution >= 4 is 10.9 Å². The number of aromatic amines is 1. The maximum Gasteiger partial charge on any atom is 0.117 e. The van der Waals surface area contributed by atoms with Crippen LogP contribution in [0.15, 0.2) is 24.4 Å². The van der Waals surface area contributed by atoms with E-state index >= 15 is 0 Å². The van der Waals surface area contributed by atoms with Gasteiger partial charge in [-0.05, 0) is 90.7 Å². The lowest BCUT2D eigenvalue weighted by Gasteiger charge is -2.67. The van der Waals surface area contributed by atoms with Crippen LogP contribution in [0.25, 0.3) is 10.9 Å². The lowest BCUT2D eigenvalue weighted by Crippen LogP contribution is -2.62. The van der Waals surface area contributed by atoms with Crippen molar-refractivity contribution in [3.63, 3.8) is 0 Å². The van der Waals surface area contributed by atoms with Crippen molar-refractivity contribution in [1.29, 1.82) is 0 Å². The summed E-state index contributed by atoms with van der Waals surface area (Å²) in [6, 6.07) is 5.79. The molecule has 1 aromatic heterocycles. The first-order valence-corrected chi connectivity index (χ1v) is 12.1. The Labute approximate surface area is 181 Å². The van der Waals surface area contributed by atoms with Crippen LogP contribution in [0.3, 0.4) is 0 Å². The fourth-order valence-corrected chi connectivity index (χ4v) is 8.70. The molecule has 3 heteroatoms. The number of hydrogen-bond donors (Lipinski definition) is 3. The van der Waals surface area contributed by atoms with Crippen LogP contribution in [-0.2, 0) is 5.41 Å². The van der Waals surface area contributed by atoms with Crippen LogP contribution in [0.5, 0.6) is 5.75 Å². The van der Waals surface area contributed by atoms with Crippen molar-refractivity contribution in [2.75, 3.05) is 0 Å². The highest BCUT2D eigenvalue weighted by Crippen LogP contribution is 2.69. The number of aromatic hydroxyl groups is 1. The highest BCUT2D eigenvalue weighted by atomic mass is 16.3. The zero-order chi connectivity index (χ0) is 21.5. The van der Waals surface area contributed by atoms with Crippen molar-refractivity contribution in [2.24, 2.45) is 34.5 Å². The van der Waals surface area contributed by atoms with Gasteiger partial charge in [0.2, 0.25) is 0 Å². The van der Waals surface area contributed by atoms with Gasteiger partial charge < -0.3 is 15.2 Å². The van der Waals surface area contributed by atoms with Gasteiger partial charge in [-0.25, -0.2) is 0 Å². The second-order valence-corrected chi connectivity index (χ2v) is 11.7. The van der Waals surface area contributed by atoms with Gasteiger partial charge in [-0.15, -0.1) is 0 Å². The smallest absolute Gasteiger partial charge is 0.117 e. The van der Waals surface area contributed by atoms with E-state index in [2.05, 4.69) is 51.9 Å². The lowest BCUT2D eigenvalue weighted by molar-refractivity contribution is -0.179. The SMILES string of the molecule is C[C@@H]1CC[C@@]2(C)[C@@H]3CC[C@H](O)[C@H](C)[C@@]3(C)CC[C@@H]2[C@@]1(C)c1c[nH]c2cc(O)ccc12. The molecule has 164 valence electrons. The first kappa shape index (κ1) is 20.4. The van der Waals surface area contributed by atoms with E-state index in [1.165, 1.54) is 43.1 Å². The normalized spacial score (nSPS) is 46.4. The standard InChI is InChI=1S/C27H39NO2/c1-16-10-12-26(4)23-9-8-22(30)17(2)25(23,3)13-11-24(26)27(16,5)20-15-28-21-14-18(29)6-7-19(20)21/h6-7,14-17,22-24,28-30H,8-13H2,1-5H3/t16-,17+,22+,23-,24+,25-,26+,27-/m1/s1. The van der Waals surface area contributed by atoms with Crippen LogP contribution in [0.2, 0.25) is 0 Å². The molecule has 3 aliphatic rings. The molecule has 1 aromatic carbocycles. The second-order valence-electron chi connectivity index (χ2n) is 11.7. The zero-order valence-corrected chi connectivity index (χ0v) is 19.3. The molecule has 0 aliphatic heterocycles. The first-order valence-electron chi connectivity index (χ1n) is 12.1. The summed E-state index contributed by atoms with van der Waals surface area (Å²) in [6.45, 7) is 12.4. The van der Waals surface area contributed by atoms with Gasteiger partial charge in [-0.3, -0.25) is 0 Å². The topological polar surface area (TPSA) is 56.2 Å². The minimum Gasteiger partial charge on any atom is -0.508 e. The van der Waals surface area contributed by atoms with E-state index in [-0.39, 0.29) is 16.9 Å². The molecule has 0 spiro atoms. The van der Waals surface area contributed by atoms with Crippen molar-refractivity contribution in [3.05, 3.63) is 30.0 Å². The van der Waals surface area contributed by atoms with Crippen LogP contribution in [0, 0.1) is 34.5 Å². The van der Waals surface area contributed by atoms with Crippen LogP contribution >= 0.6 is 0 Å². The van der Waals surface area contributed by atoms with Crippen molar-refractivity contribution < 1.29 is 10.2 Å². The van der Waals surface area contributed by atoms with Crippen LogP contribution < -0.4 is 0 Å². The molecule has 3 fully saturated rings. The molecule has 3 saturated carbocycles. The summed E-state index contributed by atoms with van der Waals surface area (Å²) in [6.07, 6.45) is 9.25. The van der Waals surface area contributed by atoms with Crippen molar-refractivity contribution in [3.8, 4) is 5.75 Å². The number of phenols is 1. The molecular formula is C27H39NO2. The van der Waals surface area contributed by atoms with Gasteiger partial charge in [0.1, 0.15) is 5.75 Å². The molecule has 5 rings (SSSR count). The number of hydrogen-bond acceptors (Lipinski definition) is 2. The minimum atomic E-state index is -0.137. The van der Waals surface area contributed by atoms with E-state index < -0.39 is 0 Å². The van der Waals surface area contributed by atoms with E-state index in [0.29, 0.717) is 34.8 Å². The maximum atomic E-state index is 10.7. The summed E-state index contributed by atoms with van der Waals surface area (Å²) in [5.41, 5.74) is 3.15.